The van der Waals surface area contributed by atoms with Crippen LogP contribution in [0.3, 0.4) is 0 Å². The second kappa shape index (κ2) is 7.33. The van der Waals surface area contributed by atoms with Crippen LogP contribution in [0.25, 0.3) is 33.1 Å². The lowest BCUT2D eigenvalue weighted by Crippen LogP contribution is -2.39. The molecule has 1 saturated carbocycles. The molecule has 0 radical (unpaired) electrons. The van der Waals surface area contributed by atoms with Crippen molar-refractivity contribution in [2.24, 2.45) is 5.92 Å². The summed E-state index contributed by atoms with van der Waals surface area (Å²) in [5.41, 5.74) is 8.39. The summed E-state index contributed by atoms with van der Waals surface area (Å²) >= 11 is 0. The minimum absolute atomic E-state index is 0.0386. The van der Waals surface area contributed by atoms with E-state index in [0.29, 0.717) is 46.3 Å². The van der Waals surface area contributed by atoms with Gasteiger partial charge in [0.05, 0.1) is 24.7 Å². The summed E-state index contributed by atoms with van der Waals surface area (Å²) in [5, 5.41) is 7.03. The molecular formula is C22H20FN5O4. The molecule has 1 aliphatic rings. The first kappa shape index (κ1) is 20.0. The number of aromatic amines is 2. The quantitative estimate of drug-likeness (QED) is 0.418. The van der Waals surface area contributed by atoms with E-state index >= 15 is 0 Å². The number of aromatic nitrogens is 4. The highest BCUT2D eigenvalue weighted by Gasteiger charge is 2.37. The number of fused-ring (bicyclic) bond motifs is 2. The number of esters is 1. The second-order valence-electron chi connectivity index (χ2n) is 7.93. The normalized spacial score (nSPS) is 18.0. The van der Waals surface area contributed by atoms with Gasteiger partial charge in [0.1, 0.15) is 28.6 Å². The van der Waals surface area contributed by atoms with Crippen molar-refractivity contribution in [1.29, 1.82) is 0 Å². The SMILES string of the molecule is COC(=O)C1CC(Oc2nc3c(-c4ccc(F)c5[nH]ncc45)c(N)c(=O)[nH]c3cc2C)C1. The molecule has 0 atom stereocenters. The molecule has 1 aliphatic carbocycles. The molecule has 9 nitrogen and oxygen atoms in total. The van der Waals surface area contributed by atoms with Crippen LogP contribution in [-0.4, -0.2) is 39.3 Å². The van der Waals surface area contributed by atoms with Gasteiger partial charge in [0.15, 0.2) is 0 Å². The molecule has 4 aromatic rings. The van der Waals surface area contributed by atoms with Crippen LogP contribution in [0.1, 0.15) is 18.4 Å². The van der Waals surface area contributed by atoms with E-state index in [1.165, 1.54) is 19.4 Å². The van der Waals surface area contributed by atoms with Gasteiger partial charge >= 0.3 is 5.97 Å². The number of hydrogen-bond acceptors (Lipinski definition) is 7. The third kappa shape index (κ3) is 3.06. The number of benzene rings is 1. The first-order valence-electron chi connectivity index (χ1n) is 10.1. The van der Waals surface area contributed by atoms with E-state index in [1.54, 1.807) is 12.1 Å². The lowest BCUT2D eigenvalue weighted by molar-refractivity contribution is -0.151. The maximum absolute atomic E-state index is 14.2. The zero-order chi connectivity index (χ0) is 22.6. The molecule has 0 aliphatic heterocycles. The van der Waals surface area contributed by atoms with Gasteiger partial charge in [-0.1, -0.05) is 6.07 Å². The van der Waals surface area contributed by atoms with E-state index in [2.05, 4.69) is 20.2 Å². The molecular weight excluding hydrogens is 417 g/mol. The van der Waals surface area contributed by atoms with Crippen LogP contribution in [0.4, 0.5) is 10.1 Å². The number of nitrogens with two attached hydrogens (primary N) is 1. The maximum atomic E-state index is 14.2. The van der Waals surface area contributed by atoms with E-state index in [0.717, 1.165) is 5.56 Å². The Hall–Kier alpha value is -3.95. The highest BCUT2D eigenvalue weighted by Crippen LogP contribution is 2.38. The Kier molecular flexibility index (Phi) is 4.58. The van der Waals surface area contributed by atoms with Gasteiger partial charge in [0.2, 0.25) is 5.88 Å². The van der Waals surface area contributed by atoms with Gasteiger partial charge < -0.3 is 20.2 Å². The van der Waals surface area contributed by atoms with Gasteiger partial charge in [-0.3, -0.25) is 14.7 Å². The fourth-order valence-corrected chi connectivity index (χ4v) is 4.10. The third-order valence-corrected chi connectivity index (χ3v) is 5.91. The van der Waals surface area contributed by atoms with Crippen molar-refractivity contribution in [3.05, 3.63) is 46.1 Å². The fourth-order valence-electron chi connectivity index (χ4n) is 4.10. The second-order valence-corrected chi connectivity index (χ2v) is 7.93. The number of nitrogens with one attached hydrogen (secondary N) is 2. The first-order chi connectivity index (χ1) is 15.4. The number of pyridine rings is 2. The molecule has 3 heterocycles. The van der Waals surface area contributed by atoms with Crippen LogP contribution in [-0.2, 0) is 9.53 Å². The first-order valence-corrected chi connectivity index (χ1v) is 10.1. The largest absolute Gasteiger partial charge is 0.474 e. The van der Waals surface area contributed by atoms with Gasteiger partial charge in [-0.25, -0.2) is 9.37 Å². The van der Waals surface area contributed by atoms with Crippen molar-refractivity contribution in [3.8, 4) is 17.0 Å². The van der Waals surface area contributed by atoms with Crippen molar-refractivity contribution in [1.82, 2.24) is 20.2 Å². The Bertz CT molecular complexity index is 1440. The van der Waals surface area contributed by atoms with Crippen LogP contribution in [0, 0.1) is 18.7 Å². The number of methoxy groups -OCH3 is 1. The number of H-pyrrole nitrogens is 2. The Balaban J connectivity index is 1.63. The van der Waals surface area contributed by atoms with E-state index < -0.39 is 11.4 Å². The van der Waals surface area contributed by atoms with Gasteiger partial charge in [-0.15, -0.1) is 0 Å². The molecule has 164 valence electrons. The van der Waals surface area contributed by atoms with E-state index in [1.807, 2.05) is 6.92 Å². The number of aryl methyl sites for hydroxylation is 1. The molecule has 3 aromatic heterocycles. The molecule has 0 bridgehead atoms. The zero-order valence-corrected chi connectivity index (χ0v) is 17.4. The van der Waals surface area contributed by atoms with Gasteiger partial charge in [-0.05, 0) is 37.5 Å². The lowest BCUT2D eigenvalue weighted by atomic mass is 9.82. The lowest BCUT2D eigenvalue weighted by Gasteiger charge is -2.33. The number of anilines is 1. The predicted molar refractivity (Wildman–Crippen MR) is 116 cm³/mol. The van der Waals surface area contributed by atoms with Gasteiger partial charge in [0, 0.05) is 16.5 Å². The monoisotopic (exact) mass is 437 g/mol. The van der Waals surface area contributed by atoms with Gasteiger partial charge in [0.25, 0.3) is 5.56 Å². The van der Waals surface area contributed by atoms with Crippen LogP contribution < -0.4 is 16.0 Å². The fraction of sp³-hybridized carbons (Fsp3) is 0.273. The average molecular weight is 437 g/mol. The minimum Gasteiger partial charge on any atom is -0.474 e. The summed E-state index contributed by atoms with van der Waals surface area (Å²) in [7, 11) is 1.37. The Labute approximate surface area is 180 Å². The molecule has 5 rings (SSSR count). The van der Waals surface area contributed by atoms with E-state index in [9.17, 15) is 14.0 Å². The number of halogens is 1. The topological polar surface area (TPSA) is 136 Å². The molecule has 1 fully saturated rings. The van der Waals surface area contributed by atoms with Crippen LogP contribution in [0.15, 0.2) is 29.2 Å². The highest BCUT2D eigenvalue weighted by atomic mass is 19.1. The minimum atomic E-state index is -0.469. The predicted octanol–water partition coefficient (Wildman–Crippen LogP) is 2.83. The number of carbonyl (C=O) groups is 1. The summed E-state index contributed by atoms with van der Waals surface area (Å²) in [4.78, 5) is 31.6. The molecule has 1 aromatic carbocycles. The molecule has 32 heavy (non-hydrogen) atoms. The van der Waals surface area contributed by atoms with Crippen LogP contribution in [0.5, 0.6) is 5.88 Å². The number of nitrogens with zero attached hydrogens (tertiary/aromatic N) is 2. The summed E-state index contributed by atoms with van der Waals surface area (Å²) in [6.45, 7) is 1.82. The standard InChI is InChI=1S/C22H20FN5O4/c1-9-5-15-19(27-21(9)32-11-6-10(7-11)22(30)31-2)16(17(24)20(29)26-15)12-3-4-14(23)18-13(12)8-25-28-18/h3-5,8,10-11H,6-7,24H2,1-2H3,(H,25,28)(H,26,29). The van der Waals surface area contributed by atoms with Crippen molar-refractivity contribution >= 4 is 33.6 Å². The zero-order valence-electron chi connectivity index (χ0n) is 17.4. The molecule has 0 saturated heterocycles. The molecule has 4 N–H and O–H groups in total. The Morgan fingerprint density at radius 3 is 2.84 bits per heavy atom. The summed E-state index contributed by atoms with van der Waals surface area (Å²) in [6.07, 6.45) is 2.39. The highest BCUT2D eigenvalue weighted by molar-refractivity contribution is 6.06. The number of nitrogen functional groups attached to an aromatic ring is 1. The third-order valence-electron chi connectivity index (χ3n) is 5.91. The van der Waals surface area contributed by atoms with E-state index in [4.69, 9.17) is 15.2 Å². The molecule has 10 heteroatoms. The summed E-state index contributed by atoms with van der Waals surface area (Å²) < 4.78 is 25.0. The summed E-state index contributed by atoms with van der Waals surface area (Å²) in [5.74, 6) is -0.515. The molecule has 0 unspecified atom stereocenters. The van der Waals surface area contributed by atoms with Crippen LogP contribution in [0.2, 0.25) is 0 Å². The van der Waals surface area contributed by atoms with Gasteiger partial charge in [-0.2, -0.15) is 5.10 Å². The number of ether oxygens (including phenoxy) is 2. The smallest absolute Gasteiger partial charge is 0.308 e. The number of rotatable bonds is 4. The molecule has 0 spiro atoms. The maximum Gasteiger partial charge on any atom is 0.308 e. The van der Waals surface area contributed by atoms with Crippen molar-refractivity contribution < 1.29 is 18.7 Å². The van der Waals surface area contributed by atoms with Crippen molar-refractivity contribution in [2.45, 2.75) is 25.9 Å². The number of carbonyl (C=O) groups excluding carboxylic acids is 1. The molecule has 0 amide bonds. The van der Waals surface area contributed by atoms with Crippen molar-refractivity contribution in [3.63, 3.8) is 0 Å². The Morgan fingerprint density at radius 2 is 2.09 bits per heavy atom. The average Bonchev–Trinajstić information content (AvgIpc) is 3.24. The van der Waals surface area contributed by atoms with Crippen molar-refractivity contribution in [2.75, 3.05) is 12.8 Å². The Morgan fingerprint density at radius 1 is 1.31 bits per heavy atom. The van der Waals surface area contributed by atoms with Crippen LogP contribution >= 0.6 is 0 Å². The summed E-state index contributed by atoms with van der Waals surface area (Å²) in [6, 6.07) is 4.59. The number of hydrogen-bond donors (Lipinski definition) is 3. The van der Waals surface area contributed by atoms with E-state index in [-0.39, 0.29) is 29.2 Å².